The molecule has 1 atom stereocenters. The Morgan fingerprint density at radius 3 is 2.65 bits per heavy atom. The Kier molecular flexibility index (Phi) is 3.74. The Bertz CT molecular complexity index is 589. The van der Waals surface area contributed by atoms with E-state index >= 15 is 0 Å². The second kappa shape index (κ2) is 5.06. The minimum Gasteiger partial charge on any atom is -0.495 e. The van der Waals surface area contributed by atoms with Gasteiger partial charge in [-0.2, -0.15) is 13.2 Å². The van der Waals surface area contributed by atoms with Crippen molar-refractivity contribution in [2.24, 2.45) is 0 Å². The summed E-state index contributed by atoms with van der Waals surface area (Å²) in [7, 11) is 1.23. The first kappa shape index (κ1) is 14.8. The van der Waals surface area contributed by atoms with E-state index in [0.717, 1.165) is 12.3 Å². The van der Waals surface area contributed by atoms with Crippen molar-refractivity contribution < 1.29 is 27.8 Å². The number of halogens is 4. The van der Waals surface area contributed by atoms with E-state index in [1.807, 2.05) is 0 Å². The number of aliphatic hydroxyl groups is 1. The molecule has 5 nitrogen and oxygen atoms in total. The van der Waals surface area contributed by atoms with Gasteiger partial charge >= 0.3 is 6.18 Å². The van der Waals surface area contributed by atoms with Gasteiger partial charge < -0.3 is 9.84 Å². The number of nitrogens with zero attached hydrogens (tertiary/aromatic N) is 2. The number of alkyl halides is 3. The smallest absolute Gasteiger partial charge is 0.416 e. The molecular formula is C11H8BrF3N2O3. The largest absolute Gasteiger partial charge is 0.495 e. The maximum Gasteiger partial charge on any atom is 0.416 e. The maximum absolute atomic E-state index is 12.6. The van der Waals surface area contributed by atoms with Gasteiger partial charge in [0.1, 0.15) is 10.3 Å². The van der Waals surface area contributed by atoms with E-state index in [1.54, 1.807) is 0 Å². The quantitative estimate of drug-likeness (QED) is 0.884. The molecule has 0 saturated carbocycles. The van der Waals surface area contributed by atoms with E-state index in [-0.39, 0.29) is 16.1 Å². The van der Waals surface area contributed by atoms with E-state index in [2.05, 4.69) is 20.9 Å². The van der Waals surface area contributed by atoms with Gasteiger partial charge in [0.25, 0.3) is 5.91 Å². The minimum absolute atomic E-state index is 0.0632. The van der Waals surface area contributed by atoms with Crippen LogP contribution in [0.5, 0.6) is 0 Å². The maximum atomic E-state index is 12.6. The first-order valence-corrected chi connectivity index (χ1v) is 6.05. The lowest BCUT2D eigenvalue weighted by atomic mass is 10.2. The number of carbonyl (C=O) groups is 1. The molecular weight excluding hydrogens is 345 g/mol. The van der Waals surface area contributed by atoms with Crippen molar-refractivity contribution in [3.05, 3.63) is 34.1 Å². The van der Waals surface area contributed by atoms with Crippen LogP contribution in [0.15, 0.2) is 28.6 Å². The van der Waals surface area contributed by atoms with Crippen LogP contribution in [0.25, 0.3) is 0 Å². The molecule has 1 aromatic heterocycles. The SMILES string of the molecule is COC1=C(Br)C(=O)N(c2cc(C(F)(F)F)ccn2)C1O. The van der Waals surface area contributed by atoms with Gasteiger partial charge in [0, 0.05) is 6.20 Å². The van der Waals surface area contributed by atoms with Crippen molar-refractivity contribution >= 4 is 27.7 Å². The number of ether oxygens (including phenoxy) is 1. The van der Waals surface area contributed by atoms with Gasteiger partial charge in [-0.25, -0.2) is 4.98 Å². The molecule has 1 aliphatic heterocycles. The molecule has 20 heavy (non-hydrogen) atoms. The summed E-state index contributed by atoms with van der Waals surface area (Å²) < 4.78 is 42.7. The van der Waals surface area contributed by atoms with Crippen LogP contribution in [-0.2, 0) is 15.7 Å². The predicted octanol–water partition coefficient (Wildman–Crippen LogP) is 2.02. The summed E-state index contributed by atoms with van der Waals surface area (Å²) in [5, 5.41) is 9.91. The average molecular weight is 353 g/mol. The van der Waals surface area contributed by atoms with Crippen molar-refractivity contribution in [3.63, 3.8) is 0 Å². The monoisotopic (exact) mass is 352 g/mol. The highest BCUT2D eigenvalue weighted by Gasteiger charge is 2.41. The first-order chi connectivity index (χ1) is 9.27. The second-order valence-electron chi connectivity index (χ2n) is 3.83. The highest BCUT2D eigenvalue weighted by Crippen LogP contribution is 2.35. The molecule has 1 amide bonds. The van der Waals surface area contributed by atoms with Crippen molar-refractivity contribution in [2.45, 2.75) is 12.4 Å². The molecule has 0 aromatic carbocycles. The van der Waals surface area contributed by atoms with Crippen molar-refractivity contribution in [1.29, 1.82) is 0 Å². The number of hydrogen-bond acceptors (Lipinski definition) is 4. The molecule has 9 heteroatoms. The Hall–Kier alpha value is -1.61. The summed E-state index contributed by atoms with van der Waals surface area (Å²) >= 11 is 2.92. The van der Waals surface area contributed by atoms with Crippen molar-refractivity contribution in [2.75, 3.05) is 12.0 Å². The second-order valence-corrected chi connectivity index (χ2v) is 4.62. The molecule has 1 unspecified atom stereocenters. The van der Waals surface area contributed by atoms with E-state index in [1.165, 1.54) is 7.11 Å². The Morgan fingerprint density at radius 1 is 1.50 bits per heavy atom. The lowest BCUT2D eigenvalue weighted by Crippen LogP contribution is -2.36. The molecule has 2 heterocycles. The Labute approximate surface area is 119 Å². The third kappa shape index (κ3) is 2.38. The third-order valence-corrected chi connectivity index (χ3v) is 3.37. The molecule has 0 spiro atoms. The van der Waals surface area contributed by atoms with Crippen molar-refractivity contribution in [1.82, 2.24) is 4.98 Å². The average Bonchev–Trinajstić information content (AvgIpc) is 2.59. The number of pyridine rings is 1. The van der Waals surface area contributed by atoms with Crippen LogP contribution in [0, 0.1) is 0 Å². The van der Waals surface area contributed by atoms with E-state index < -0.39 is 23.9 Å². The summed E-state index contributed by atoms with van der Waals surface area (Å²) in [5.41, 5.74) is -0.968. The summed E-state index contributed by atoms with van der Waals surface area (Å²) in [4.78, 5) is 16.3. The van der Waals surface area contributed by atoms with Gasteiger partial charge in [-0.1, -0.05) is 0 Å². The fourth-order valence-electron chi connectivity index (χ4n) is 1.70. The molecule has 2 rings (SSSR count). The van der Waals surface area contributed by atoms with Gasteiger partial charge in [0.15, 0.2) is 12.0 Å². The zero-order valence-electron chi connectivity index (χ0n) is 9.98. The van der Waals surface area contributed by atoms with Crippen LogP contribution in [-0.4, -0.2) is 29.3 Å². The van der Waals surface area contributed by atoms with Gasteiger partial charge in [-0.05, 0) is 28.1 Å². The molecule has 108 valence electrons. The highest BCUT2D eigenvalue weighted by molar-refractivity contribution is 9.12. The highest BCUT2D eigenvalue weighted by atomic mass is 79.9. The zero-order valence-corrected chi connectivity index (χ0v) is 11.6. The van der Waals surface area contributed by atoms with E-state index in [9.17, 15) is 23.1 Å². The molecule has 0 aliphatic carbocycles. The fraction of sp³-hybridized carbons (Fsp3) is 0.273. The first-order valence-electron chi connectivity index (χ1n) is 5.26. The van der Waals surface area contributed by atoms with Crippen LogP contribution in [0.4, 0.5) is 19.0 Å². The normalized spacial score (nSPS) is 19.8. The molecule has 0 radical (unpaired) electrons. The summed E-state index contributed by atoms with van der Waals surface area (Å²) in [6.45, 7) is 0. The van der Waals surface area contributed by atoms with Crippen LogP contribution in [0.3, 0.4) is 0 Å². The number of aromatic nitrogens is 1. The van der Waals surface area contributed by atoms with Crippen molar-refractivity contribution in [3.8, 4) is 0 Å². The standard InChI is InChI=1S/C11H8BrF3N2O3/c1-20-8-7(12)9(18)17(10(8)19)6-4-5(2-3-16-6)11(13,14)15/h2-4,10,19H,1H3. The van der Waals surface area contributed by atoms with E-state index in [4.69, 9.17) is 4.74 Å². The Morgan fingerprint density at radius 2 is 2.15 bits per heavy atom. The molecule has 0 fully saturated rings. The number of anilines is 1. The number of amides is 1. The number of hydrogen-bond donors (Lipinski definition) is 1. The Balaban J connectivity index is 2.42. The fourth-order valence-corrected chi connectivity index (χ4v) is 2.26. The molecule has 0 bridgehead atoms. The number of aliphatic hydroxyl groups excluding tert-OH is 1. The van der Waals surface area contributed by atoms with Gasteiger partial charge in [0.05, 0.1) is 12.7 Å². The van der Waals surface area contributed by atoms with Gasteiger partial charge in [0.2, 0.25) is 0 Å². The molecule has 1 N–H and O–H groups in total. The molecule has 1 aliphatic rings. The number of methoxy groups -OCH3 is 1. The van der Waals surface area contributed by atoms with E-state index in [0.29, 0.717) is 11.0 Å². The summed E-state index contributed by atoms with van der Waals surface area (Å²) in [6.07, 6.45) is -5.19. The predicted molar refractivity (Wildman–Crippen MR) is 65.7 cm³/mol. The summed E-state index contributed by atoms with van der Waals surface area (Å²) in [5.74, 6) is -1.14. The topological polar surface area (TPSA) is 62.7 Å². The lowest BCUT2D eigenvalue weighted by Gasteiger charge is -2.21. The van der Waals surface area contributed by atoms with Crippen LogP contribution in [0.2, 0.25) is 0 Å². The lowest BCUT2D eigenvalue weighted by molar-refractivity contribution is -0.137. The minimum atomic E-state index is -4.57. The van der Waals surface area contributed by atoms with Crippen LogP contribution >= 0.6 is 15.9 Å². The zero-order chi connectivity index (χ0) is 15.1. The third-order valence-electron chi connectivity index (χ3n) is 2.64. The number of carbonyl (C=O) groups excluding carboxylic acids is 1. The number of rotatable bonds is 2. The van der Waals surface area contributed by atoms with Gasteiger partial charge in [-0.15, -0.1) is 0 Å². The van der Waals surface area contributed by atoms with Crippen LogP contribution in [0.1, 0.15) is 5.56 Å². The summed E-state index contributed by atoms with van der Waals surface area (Å²) in [6, 6.07) is 1.45. The van der Waals surface area contributed by atoms with Gasteiger partial charge in [-0.3, -0.25) is 9.69 Å². The van der Waals surface area contributed by atoms with Crippen LogP contribution < -0.4 is 4.90 Å². The molecule has 1 aromatic rings. The molecule has 0 saturated heterocycles.